The number of hydrogen-bond acceptors (Lipinski definition) is 2. The monoisotopic (exact) mass is 321 g/mol. The number of carboxylic acids is 1. The maximum absolute atomic E-state index is 12.9. The second-order valence-electron chi connectivity index (χ2n) is 6.45. The number of rotatable bonds is 3. The van der Waals surface area contributed by atoms with Gasteiger partial charge < -0.3 is 10.0 Å². The summed E-state index contributed by atoms with van der Waals surface area (Å²) in [7, 11) is 0. The summed E-state index contributed by atoms with van der Waals surface area (Å²) < 4.78 is 38.8. The quantitative estimate of drug-likeness (QED) is 0.813. The number of aliphatic carboxylic acids is 1. The zero-order valence-electron chi connectivity index (χ0n) is 12.4. The SMILES string of the molecule is O=C(O)[C@@H]1CN(C(=O)CC2CCCCCC2)C[C@H]1C(F)(F)F. The largest absolute Gasteiger partial charge is 0.481 e. The summed E-state index contributed by atoms with van der Waals surface area (Å²) in [6.07, 6.45) is 1.94. The third kappa shape index (κ3) is 4.14. The number of alkyl halides is 3. The maximum atomic E-state index is 12.9. The average Bonchev–Trinajstić information content (AvgIpc) is 2.74. The first-order valence-electron chi connectivity index (χ1n) is 7.86. The lowest BCUT2D eigenvalue weighted by Crippen LogP contribution is -2.34. The molecule has 1 saturated carbocycles. The van der Waals surface area contributed by atoms with Gasteiger partial charge in [0.15, 0.2) is 0 Å². The molecule has 1 heterocycles. The van der Waals surface area contributed by atoms with Gasteiger partial charge in [0.2, 0.25) is 5.91 Å². The lowest BCUT2D eigenvalue weighted by atomic mass is 9.96. The van der Waals surface area contributed by atoms with Crippen molar-refractivity contribution in [2.24, 2.45) is 17.8 Å². The highest BCUT2D eigenvalue weighted by atomic mass is 19.4. The Morgan fingerprint density at radius 1 is 1.05 bits per heavy atom. The minimum Gasteiger partial charge on any atom is -0.481 e. The van der Waals surface area contributed by atoms with E-state index in [-0.39, 0.29) is 24.8 Å². The van der Waals surface area contributed by atoms with Gasteiger partial charge in [-0.3, -0.25) is 9.59 Å². The van der Waals surface area contributed by atoms with Crippen molar-refractivity contribution in [3.8, 4) is 0 Å². The topological polar surface area (TPSA) is 57.6 Å². The van der Waals surface area contributed by atoms with Gasteiger partial charge in [0.1, 0.15) is 0 Å². The van der Waals surface area contributed by atoms with E-state index in [0.29, 0.717) is 0 Å². The Bertz CT molecular complexity index is 417. The number of amides is 1. The van der Waals surface area contributed by atoms with Crippen molar-refractivity contribution in [3.63, 3.8) is 0 Å². The third-order valence-corrected chi connectivity index (χ3v) is 4.85. The summed E-state index contributed by atoms with van der Waals surface area (Å²) in [4.78, 5) is 24.4. The van der Waals surface area contributed by atoms with Crippen molar-refractivity contribution < 1.29 is 27.9 Å². The Labute approximate surface area is 127 Å². The van der Waals surface area contributed by atoms with Crippen molar-refractivity contribution >= 4 is 11.9 Å². The van der Waals surface area contributed by atoms with Crippen molar-refractivity contribution in [3.05, 3.63) is 0 Å². The molecular formula is C15H22F3NO3. The summed E-state index contributed by atoms with van der Waals surface area (Å²) in [5.74, 6) is -5.08. The fourth-order valence-corrected chi connectivity index (χ4v) is 3.53. The van der Waals surface area contributed by atoms with Gasteiger partial charge in [-0.25, -0.2) is 0 Å². The number of nitrogens with zero attached hydrogens (tertiary/aromatic N) is 1. The molecule has 2 atom stereocenters. The van der Waals surface area contributed by atoms with Gasteiger partial charge in [0.05, 0.1) is 11.8 Å². The lowest BCUT2D eigenvalue weighted by molar-refractivity contribution is -0.188. The van der Waals surface area contributed by atoms with E-state index in [4.69, 9.17) is 5.11 Å². The molecule has 126 valence electrons. The lowest BCUT2D eigenvalue weighted by Gasteiger charge is -2.21. The second kappa shape index (κ2) is 6.87. The Hall–Kier alpha value is -1.27. The number of carbonyl (C=O) groups excluding carboxylic acids is 1. The molecule has 22 heavy (non-hydrogen) atoms. The number of hydrogen-bond donors (Lipinski definition) is 1. The Balaban J connectivity index is 1.97. The number of carbonyl (C=O) groups is 2. The third-order valence-electron chi connectivity index (χ3n) is 4.85. The fourth-order valence-electron chi connectivity index (χ4n) is 3.53. The molecule has 0 spiro atoms. The van der Waals surface area contributed by atoms with E-state index in [1.54, 1.807) is 0 Å². The summed E-state index contributed by atoms with van der Waals surface area (Å²) >= 11 is 0. The molecule has 2 fully saturated rings. The van der Waals surface area contributed by atoms with Crippen LogP contribution in [0, 0.1) is 17.8 Å². The van der Waals surface area contributed by atoms with Crippen LogP contribution < -0.4 is 0 Å². The molecule has 0 unspecified atom stereocenters. The molecule has 7 heteroatoms. The first-order valence-corrected chi connectivity index (χ1v) is 7.86. The fraction of sp³-hybridized carbons (Fsp3) is 0.867. The summed E-state index contributed by atoms with van der Waals surface area (Å²) in [5, 5.41) is 8.97. The Kier molecular flexibility index (Phi) is 5.34. The van der Waals surface area contributed by atoms with Gasteiger partial charge in [0.25, 0.3) is 0 Å². The minimum atomic E-state index is -4.58. The average molecular weight is 321 g/mol. The highest BCUT2D eigenvalue weighted by Crippen LogP contribution is 2.38. The first kappa shape index (κ1) is 17.1. The molecule has 0 bridgehead atoms. The van der Waals surface area contributed by atoms with E-state index >= 15 is 0 Å². The van der Waals surface area contributed by atoms with E-state index < -0.39 is 30.5 Å². The molecule has 1 saturated heterocycles. The van der Waals surface area contributed by atoms with Crippen LogP contribution in [-0.4, -0.2) is 41.1 Å². The van der Waals surface area contributed by atoms with Crippen molar-refractivity contribution in [2.45, 2.75) is 51.1 Å². The molecule has 1 amide bonds. The zero-order valence-corrected chi connectivity index (χ0v) is 12.4. The van der Waals surface area contributed by atoms with Crippen LogP contribution in [-0.2, 0) is 9.59 Å². The van der Waals surface area contributed by atoms with E-state index in [1.165, 1.54) is 0 Å². The van der Waals surface area contributed by atoms with Gasteiger partial charge in [-0.05, 0) is 18.8 Å². The molecule has 4 nitrogen and oxygen atoms in total. The highest BCUT2D eigenvalue weighted by molar-refractivity contribution is 5.79. The van der Waals surface area contributed by atoms with Crippen LogP contribution in [0.1, 0.15) is 44.9 Å². The van der Waals surface area contributed by atoms with Crippen molar-refractivity contribution in [1.82, 2.24) is 4.90 Å². The molecule has 1 aliphatic carbocycles. The molecule has 0 aromatic rings. The smallest absolute Gasteiger partial charge is 0.394 e. The predicted octanol–water partition coefficient (Wildman–Crippen LogP) is 3.07. The van der Waals surface area contributed by atoms with Crippen LogP contribution in [0.4, 0.5) is 13.2 Å². The van der Waals surface area contributed by atoms with Crippen LogP contribution in [0.25, 0.3) is 0 Å². The molecule has 1 aliphatic heterocycles. The normalized spacial score (nSPS) is 27.7. The van der Waals surface area contributed by atoms with Gasteiger partial charge >= 0.3 is 12.1 Å². The standard InChI is InChI=1S/C15H22F3NO3/c16-15(17,18)12-9-19(8-11(12)14(21)22)13(20)7-10-5-3-1-2-4-6-10/h10-12H,1-9H2,(H,21,22)/t11-,12-/m1/s1. The second-order valence-corrected chi connectivity index (χ2v) is 6.45. The van der Waals surface area contributed by atoms with Crippen LogP contribution in [0.3, 0.4) is 0 Å². The number of carboxylic acid groups (broad SMARTS) is 1. The van der Waals surface area contributed by atoms with Gasteiger partial charge in [0, 0.05) is 19.5 Å². The van der Waals surface area contributed by atoms with Gasteiger partial charge in [-0.15, -0.1) is 0 Å². The van der Waals surface area contributed by atoms with E-state index in [1.807, 2.05) is 0 Å². The Morgan fingerprint density at radius 3 is 2.09 bits per heavy atom. The van der Waals surface area contributed by atoms with Crippen molar-refractivity contribution in [2.75, 3.05) is 13.1 Å². The minimum absolute atomic E-state index is 0.225. The van der Waals surface area contributed by atoms with Crippen LogP contribution in [0.2, 0.25) is 0 Å². The van der Waals surface area contributed by atoms with E-state index in [2.05, 4.69) is 0 Å². The van der Waals surface area contributed by atoms with Gasteiger partial charge in [-0.1, -0.05) is 25.7 Å². The van der Waals surface area contributed by atoms with Crippen molar-refractivity contribution in [1.29, 1.82) is 0 Å². The maximum Gasteiger partial charge on any atom is 0.394 e. The highest BCUT2D eigenvalue weighted by Gasteiger charge is 2.53. The van der Waals surface area contributed by atoms with Crippen LogP contribution in [0.15, 0.2) is 0 Å². The van der Waals surface area contributed by atoms with E-state index in [9.17, 15) is 22.8 Å². The molecule has 0 aromatic heterocycles. The van der Waals surface area contributed by atoms with Gasteiger partial charge in [-0.2, -0.15) is 13.2 Å². The number of likely N-dealkylation sites (tertiary alicyclic amines) is 1. The summed E-state index contributed by atoms with van der Waals surface area (Å²) in [6.45, 7) is -0.850. The number of halogens is 3. The molecule has 2 aliphatic rings. The summed E-state index contributed by atoms with van der Waals surface area (Å²) in [6, 6.07) is 0. The zero-order chi connectivity index (χ0) is 16.3. The first-order chi connectivity index (χ1) is 10.3. The van der Waals surface area contributed by atoms with Crippen LogP contribution in [0.5, 0.6) is 0 Å². The predicted molar refractivity (Wildman–Crippen MR) is 73.1 cm³/mol. The van der Waals surface area contributed by atoms with Crippen LogP contribution >= 0.6 is 0 Å². The summed E-state index contributed by atoms with van der Waals surface area (Å²) in [5.41, 5.74) is 0. The molecule has 1 N–H and O–H groups in total. The molecule has 0 aromatic carbocycles. The van der Waals surface area contributed by atoms with E-state index in [0.717, 1.165) is 43.4 Å². The molecule has 0 radical (unpaired) electrons. The molecule has 2 rings (SSSR count). The Morgan fingerprint density at radius 2 is 1.64 bits per heavy atom. The molecular weight excluding hydrogens is 299 g/mol.